The number of nitrogens with one attached hydrogen (secondary N) is 1. The molecule has 0 aliphatic carbocycles. The predicted molar refractivity (Wildman–Crippen MR) is 69.2 cm³/mol. The van der Waals surface area contributed by atoms with E-state index in [0.717, 1.165) is 44.4 Å². The zero-order valence-corrected chi connectivity index (χ0v) is 11.2. The van der Waals surface area contributed by atoms with Gasteiger partial charge in [-0.15, -0.1) is 0 Å². The van der Waals surface area contributed by atoms with E-state index in [0.29, 0.717) is 0 Å². The number of benzene rings is 1. The number of hydrogen-bond acceptors (Lipinski definition) is 3. The SMILES string of the molecule is CC(C)(C(=O)c1cc(F)cc(F)c1)N1CCNCC1. The third-order valence-electron chi connectivity index (χ3n) is 3.59. The molecule has 3 nitrogen and oxygen atoms in total. The molecule has 1 aromatic carbocycles. The van der Waals surface area contributed by atoms with Crippen molar-refractivity contribution in [1.82, 2.24) is 10.2 Å². The molecular formula is C14H18F2N2O. The van der Waals surface area contributed by atoms with Gasteiger partial charge in [0.2, 0.25) is 0 Å². The Labute approximate surface area is 111 Å². The van der Waals surface area contributed by atoms with Gasteiger partial charge in [-0.05, 0) is 26.0 Å². The largest absolute Gasteiger partial charge is 0.314 e. The van der Waals surface area contributed by atoms with Gasteiger partial charge in [-0.2, -0.15) is 0 Å². The summed E-state index contributed by atoms with van der Waals surface area (Å²) in [5, 5.41) is 3.21. The van der Waals surface area contributed by atoms with Gasteiger partial charge in [0.1, 0.15) is 11.6 Å². The topological polar surface area (TPSA) is 32.3 Å². The summed E-state index contributed by atoms with van der Waals surface area (Å²) in [4.78, 5) is 14.5. The van der Waals surface area contributed by atoms with Gasteiger partial charge in [-0.3, -0.25) is 9.69 Å². The molecule has 0 bridgehead atoms. The first kappa shape index (κ1) is 14.1. The lowest BCUT2D eigenvalue weighted by molar-refractivity contribution is 0.0601. The van der Waals surface area contributed by atoms with Gasteiger partial charge in [-0.1, -0.05) is 0 Å². The molecule has 1 N–H and O–H groups in total. The van der Waals surface area contributed by atoms with Gasteiger partial charge < -0.3 is 5.32 Å². The van der Waals surface area contributed by atoms with Crippen molar-refractivity contribution in [2.75, 3.05) is 26.2 Å². The Bertz CT molecular complexity index is 462. The molecule has 1 heterocycles. The molecule has 104 valence electrons. The van der Waals surface area contributed by atoms with E-state index in [1.165, 1.54) is 0 Å². The standard InChI is InChI=1S/C14H18F2N2O/c1-14(2,18-5-3-17-4-6-18)13(19)10-7-11(15)9-12(16)8-10/h7-9,17H,3-6H2,1-2H3. The molecule has 0 amide bonds. The summed E-state index contributed by atoms with van der Waals surface area (Å²) < 4.78 is 26.4. The van der Waals surface area contributed by atoms with Gasteiger partial charge in [0.25, 0.3) is 0 Å². The van der Waals surface area contributed by atoms with Crippen molar-refractivity contribution < 1.29 is 13.6 Å². The first-order chi connectivity index (χ1) is 8.91. The van der Waals surface area contributed by atoms with Crippen LogP contribution in [0.25, 0.3) is 0 Å². The fourth-order valence-corrected chi connectivity index (χ4v) is 2.41. The molecule has 1 fully saturated rings. The van der Waals surface area contributed by atoms with Crippen LogP contribution in [0.15, 0.2) is 18.2 Å². The zero-order chi connectivity index (χ0) is 14.0. The molecule has 5 heteroatoms. The summed E-state index contributed by atoms with van der Waals surface area (Å²) in [5.41, 5.74) is -0.677. The Morgan fingerprint density at radius 1 is 1.16 bits per heavy atom. The minimum Gasteiger partial charge on any atom is -0.314 e. The Hall–Kier alpha value is -1.33. The van der Waals surface area contributed by atoms with E-state index in [9.17, 15) is 13.6 Å². The normalized spacial score (nSPS) is 17.5. The third-order valence-corrected chi connectivity index (χ3v) is 3.59. The van der Waals surface area contributed by atoms with E-state index in [1.807, 2.05) is 4.90 Å². The van der Waals surface area contributed by atoms with E-state index in [1.54, 1.807) is 13.8 Å². The van der Waals surface area contributed by atoms with Crippen LogP contribution in [0.4, 0.5) is 8.78 Å². The van der Waals surface area contributed by atoms with Gasteiger partial charge in [0.05, 0.1) is 5.54 Å². The van der Waals surface area contributed by atoms with Crippen LogP contribution in [0.5, 0.6) is 0 Å². The van der Waals surface area contributed by atoms with Crippen LogP contribution in [-0.2, 0) is 0 Å². The van der Waals surface area contributed by atoms with Gasteiger partial charge >= 0.3 is 0 Å². The van der Waals surface area contributed by atoms with Crippen molar-refractivity contribution in [3.8, 4) is 0 Å². The number of nitrogens with zero attached hydrogens (tertiary/aromatic N) is 1. The van der Waals surface area contributed by atoms with E-state index >= 15 is 0 Å². The fraction of sp³-hybridized carbons (Fsp3) is 0.500. The molecule has 0 spiro atoms. The minimum absolute atomic E-state index is 0.0843. The number of rotatable bonds is 3. The smallest absolute Gasteiger partial charge is 0.182 e. The number of piperazine rings is 1. The Morgan fingerprint density at radius 2 is 1.68 bits per heavy atom. The lowest BCUT2D eigenvalue weighted by atomic mass is 9.90. The maximum Gasteiger partial charge on any atom is 0.182 e. The maximum atomic E-state index is 13.2. The molecule has 0 radical (unpaired) electrons. The number of carbonyl (C=O) groups is 1. The van der Waals surface area contributed by atoms with E-state index < -0.39 is 17.2 Å². The predicted octanol–water partition coefficient (Wildman–Crippen LogP) is 1.83. The summed E-state index contributed by atoms with van der Waals surface area (Å²) in [6.07, 6.45) is 0. The Balaban J connectivity index is 2.25. The van der Waals surface area contributed by atoms with E-state index in [4.69, 9.17) is 0 Å². The van der Waals surface area contributed by atoms with Crippen molar-refractivity contribution in [2.45, 2.75) is 19.4 Å². The number of hydrogen-bond donors (Lipinski definition) is 1. The molecule has 0 atom stereocenters. The second-order valence-corrected chi connectivity index (χ2v) is 5.28. The quantitative estimate of drug-likeness (QED) is 0.849. The van der Waals surface area contributed by atoms with Crippen LogP contribution in [0.2, 0.25) is 0 Å². The van der Waals surface area contributed by atoms with Gasteiger partial charge in [0.15, 0.2) is 5.78 Å². The molecular weight excluding hydrogens is 250 g/mol. The number of Topliss-reactive ketones (excluding diaryl/α,β-unsaturated/α-hetero) is 1. The highest BCUT2D eigenvalue weighted by Crippen LogP contribution is 2.22. The highest BCUT2D eigenvalue weighted by molar-refractivity contribution is 6.02. The van der Waals surface area contributed by atoms with Crippen molar-refractivity contribution in [1.29, 1.82) is 0 Å². The van der Waals surface area contributed by atoms with Gasteiger partial charge in [-0.25, -0.2) is 8.78 Å². The second kappa shape index (κ2) is 5.35. The summed E-state index contributed by atoms with van der Waals surface area (Å²) in [7, 11) is 0. The van der Waals surface area contributed by atoms with Crippen molar-refractivity contribution in [3.05, 3.63) is 35.4 Å². The van der Waals surface area contributed by atoms with Crippen LogP contribution < -0.4 is 5.32 Å². The molecule has 2 rings (SSSR count). The summed E-state index contributed by atoms with van der Waals surface area (Å²) in [6.45, 7) is 6.71. The van der Waals surface area contributed by atoms with Crippen LogP contribution in [-0.4, -0.2) is 42.4 Å². The molecule has 1 saturated heterocycles. The van der Waals surface area contributed by atoms with E-state index in [-0.39, 0.29) is 11.3 Å². The summed E-state index contributed by atoms with van der Waals surface area (Å²) in [5.74, 6) is -1.70. The van der Waals surface area contributed by atoms with Gasteiger partial charge in [0, 0.05) is 37.8 Å². The number of halogens is 2. The number of ketones is 1. The maximum absolute atomic E-state index is 13.2. The Kier molecular flexibility index (Phi) is 3.96. The third kappa shape index (κ3) is 2.98. The van der Waals surface area contributed by atoms with E-state index in [2.05, 4.69) is 5.32 Å². The highest BCUT2D eigenvalue weighted by Gasteiger charge is 2.35. The van der Waals surface area contributed by atoms with Crippen LogP contribution in [0.1, 0.15) is 24.2 Å². The highest BCUT2D eigenvalue weighted by atomic mass is 19.1. The first-order valence-electron chi connectivity index (χ1n) is 6.38. The molecule has 1 aromatic rings. The average Bonchev–Trinajstić information content (AvgIpc) is 2.37. The van der Waals surface area contributed by atoms with Crippen LogP contribution >= 0.6 is 0 Å². The lowest BCUT2D eigenvalue weighted by Gasteiger charge is -2.40. The molecule has 1 aliphatic rings. The molecule has 0 unspecified atom stereocenters. The first-order valence-corrected chi connectivity index (χ1v) is 6.38. The second-order valence-electron chi connectivity index (χ2n) is 5.28. The average molecular weight is 268 g/mol. The summed E-state index contributed by atoms with van der Waals surface area (Å²) in [6, 6.07) is 2.96. The molecule has 19 heavy (non-hydrogen) atoms. The van der Waals surface area contributed by atoms with Crippen molar-refractivity contribution in [2.24, 2.45) is 0 Å². The van der Waals surface area contributed by atoms with Crippen LogP contribution in [0, 0.1) is 11.6 Å². The lowest BCUT2D eigenvalue weighted by Crippen LogP contribution is -2.57. The summed E-state index contributed by atoms with van der Waals surface area (Å²) >= 11 is 0. The molecule has 0 aromatic heterocycles. The number of carbonyl (C=O) groups excluding carboxylic acids is 1. The monoisotopic (exact) mass is 268 g/mol. The van der Waals surface area contributed by atoms with Crippen molar-refractivity contribution in [3.63, 3.8) is 0 Å². The van der Waals surface area contributed by atoms with Crippen molar-refractivity contribution >= 4 is 5.78 Å². The minimum atomic E-state index is -0.762. The Morgan fingerprint density at radius 3 is 2.21 bits per heavy atom. The molecule has 0 saturated carbocycles. The van der Waals surface area contributed by atoms with Crippen LogP contribution in [0.3, 0.4) is 0 Å². The zero-order valence-electron chi connectivity index (χ0n) is 11.2. The molecule has 1 aliphatic heterocycles. The fourth-order valence-electron chi connectivity index (χ4n) is 2.41.